The van der Waals surface area contributed by atoms with Crippen molar-refractivity contribution >= 4 is 17.7 Å². The molecule has 0 amide bonds. The molecule has 0 radical (unpaired) electrons. The van der Waals surface area contributed by atoms with Gasteiger partial charge >= 0.3 is 5.97 Å². The molecule has 2 rings (SSSR count). The van der Waals surface area contributed by atoms with Crippen molar-refractivity contribution in [3.8, 4) is 11.5 Å². The average molecular weight is 278 g/mol. The maximum Gasteiger partial charge on any atom is 0.319 e. The molecule has 0 N–H and O–H groups in total. The molecular weight excluding hydrogens is 264 g/mol. The van der Waals surface area contributed by atoms with Gasteiger partial charge in [0.2, 0.25) is 5.89 Å². The molecule has 6 heteroatoms. The highest BCUT2D eigenvalue weighted by Gasteiger charge is 2.18. The molecular formula is C13H14N2O3S. The molecule has 1 aromatic heterocycles. The van der Waals surface area contributed by atoms with Crippen molar-refractivity contribution in [1.29, 1.82) is 0 Å². The molecule has 0 aliphatic rings. The quantitative estimate of drug-likeness (QED) is 0.633. The topological polar surface area (TPSA) is 65.2 Å². The molecule has 2 aromatic rings. The summed E-state index contributed by atoms with van der Waals surface area (Å²) >= 11 is 1.18. The number of carbonyl (C=O) groups is 1. The Morgan fingerprint density at radius 2 is 2.00 bits per heavy atom. The fraction of sp³-hybridized carbons (Fsp3) is 0.308. The van der Waals surface area contributed by atoms with Crippen LogP contribution in [-0.4, -0.2) is 28.5 Å². The van der Waals surface area contributed by atoms with Gasteiger partial charge in [0.25, 0.3) is 5.22 Å². The van der Waals surface area contributed by atoms with Gasteiger partial charge < -0.3 is 9.15 Å². The summed E-state index contributed by atoms with van der Waals surface area (Å²) in [5.41, 5.74) is 2.02. The summed E-state index contributed by atoms with van der Waals surface area (Å²) in [6.07, 6.45) is 0. The minimum Gasteiger partial charge on any atom is -0.468 e. The van der Waals surface area contributed by atoms with Crippen LogP contribution in [-0.2, 0) is 9.53 Å². The number of esters is 1. The van der Waals surface area contributed by atoms with E-state index in [2.05, 4.69) is 14.9 Å². The molecule has 100 valence electrons. The Bertz CT molecular complexity index is 566. The minimum absolute atomic E-state index is 0.319. The Labute approximate surface area is 115 Å². The zero-order valence-corrected chi connectivity index (χ0v) is 11.7. The molecule has 5 nitrogen and oxygen atoms in total. The van der Waals surface area contributed by atoms with Gasteiger partial charge in [-0.3, -0.25) is 4.79 Å². The van der Waals surface area contributed by atoms with E-state index in [1.54, 1.807) is 6.92 Å². The predicted molar refractivity (Wildman–Crippen MR) is 71.8 cm³/mol. The monoisotopic (exact) mass is 278 g/mol. The first kappa shape index (κ1) is 13.6. The molecule has 0 aliphatic heterocycles. The number of hydrogen-bond acceptors (Lipinski definition) is 6. The number of aryl methyl sites for hydroxylation is 1. The van der Waals surface area contributed by atoms with Crippen molar-refractivity contribution in [2.45, 2.75) is 24.3 Å². The van der Waals surface area contributed by atoms with Gasteiger partial charge in [0, 0.05) is 5.56 Å². The molecule has 0 bridgehead atoms. The average Bonchev–Trinajstić information content (AvgIpc) is 2.87. The van der Waals surface area contributed by atoms with Gasteiger partial charge in [-0.15, -0.1) is 10.2 Å². The molecule has 1 aromatic carbocycles. The standard InChI is InChI=1S/C13H14N2O3S/c1-8-4-6-10(7-5-8)11-14-15-13(18-11)19-9(2)12(16)17-3/h4-7,9H,1-3H3. The molecule has 1 unspecified atom stereocenters. The molecule has 0 saturated carbocycles. The van der Waals surface area contributed by atoms with Crippen LogP contribution >= 0.6 is 11.8 Å². The van der Waals surface area contributed by atoms with Crippen molar-refractivity contribution in [1.82, 2.24) is 10.2 Å². The molecule has 1 atom stereocenters. The van der Waals surface area contributed by atoms with Crippen LogP contribution in [0.25, 0.3) is 11.5 Å². The summed E-state index contributed by atoms with van der Waals surface area (Å²) in [6, 6.07) is 7.79. The SMILES string of the molecule is COC(=O)C(C)Sc1nnc(-c2ccc(C)cc2)o1. The number of nitrogens with zero attached hydrogens (tertiary/aromatic N) is 2. The van der Waals surface area contributed by atoms with Gasteiger partial charge in [-0.25, -0.2) is 0 Å². The third kappa shape index (κ3) is 3.35. The maximum absolute atomic E-state index is 11.3. The Balaban J connectivity index is 2.11. The third-order valence-corrected chi connectivity index (χ3v) is 3.43. The summed E-state index contributed by atoms with van der Waals surface area (Å²) in [6.45, 7) is 3.74. The second-order valence-electron chi connectivity index (χ2n) is 4.02. The summed E-state index contributed by atoms with van der Waals surface area (Å²) in [4.78, 5) is 11.3. The van der Waals surface area contributed by atoms with E-state index in [0.29, 0.717) is 11.1 Å². The van der Waals surface area contributed by atoms with Gasteiger partial charge in [-0.1, -0.05) is 29.5 Å². The summed E-state index contributed by atoms with van der Waals surface area (Å²) in [7, 11) is 1.35. The Morgan fingerprint density at radius 1 is 1.32 bits per heavy atom. The zero-order chi connectivity index (χ0) is 13.8. The predicted octanol–water partition coefficient (Wildman–Crippen LogP) is 2.70. The first-order valence-electron chi connectivity index (χ1n) is 5.75. The van der Waals surface area contributed by atoms with Crippen LogP contribution < -0.4 is 0 Å². The smallest absolute Gasteiger partial charge is 0.319 e. The first-order chi connectivity index (χ1) is 9.10. The van der Waals surface area contributed by atoms with E-state index in [1.165, 1.54) is 18.9 Å². The van der Waals surface area contributed by atoms with Crippen molar-refractivity contribution in [3.05, 3.63) is 29.8 Å². The molecule has 0 saturated heterocycles. The fourth-order valence-electron chi connectivity index (χ4n) is 1.44. The lowest BCUT2D eigenvalue weighted by Crippen LogP contribution is -2.14. The van der Waals surface area contributed by atoms with Gasteiger partial charge in [0.05, 0.1) is 7.11 Å². The Hall–Kier alpha value is -1.82. The zero-order valence-electron chi connectivity index (χ0n) is 10.9. The summed E-state index contributed by atoms with van der Waals surface area (Å²) in [5, 5.41) is 7.85. The molecule has 0 spiro atoms. The van der Waals surface area contributed by atoms with E-state index in [0.717, 1.165) is 11.1 Å². The number of thioether (sulfide) groups is 1. The normalized spacial score (nSPS) is 12.2. The highest BCUT2D eigenvalue weighted by molar-refractivity contribution is 8.00. The highest BCUT2D eigenvalue weighted by atomic mass is 32.2. The lowest BCUT2D eigenvalue weighted by atomic mass is 10.1. The van der Waals surface area contributed by atoms with Gasteiger partial charge in [-0.05, 0) is 26.0 Å². The molecule has 1 heterocycles. The van der Waals surface area contributed by atoms with Gasteiger partial charge in [0.15, 0.2) is 0 Å². The van der Waals surface area contributed by atoms with Gasteiger partial charge in [-0.2, -0.15) is 0 Å². The number of benzene rings is 1. The second kappa shape index (κ2) is 5.88. The second-order valence-corrected chi connectivity index (χ2v) is 5.31. The Kier molecular flexibility index (Phi) is 4.21. The van der Waals surface area contributed by atoms with Crippen LogP contribution in [0.4, 0.5) is 0 Å². The van der Waals surface area contributed by atoms with Crippen LogP contribution in [0.5, 0.6) is 0 Å². The lowest BCUT2D eigenvalue weighted by molar-refractivity contribution is -0.139. The van der Waals surface area contributed by atoms with Crippen LogP contribution in [0.2, 0.25) is 0 Å². The number of carbonyl (C=O) groups excluding carboxylic acids is 1. The fourth-order valence-corrected chi connectivity index (χ4v) is 2.15. The summed E-state index contributed by atoms with van der Waals surface area (Å²) < 4.78 is 10.1. The van der Waals surface area contributed by atoms with Crippen LogP contribution in [0.3, 0.4) is 0 Å². The van der Waals surface area contributed by atoms with Crippen molar-refractivity contribution < 1.29 is 13.9 Å². The first-order valence-corrected chi connectivity index (χ1v) is 6.63. The van der Waals surface area contributed by atoms with E-state index in [-0.39, 0.29) is 11.2 Å². The maximum atomic E-state index is 11.3. The van der Waals surface area contributed by atoms with Crippen LogP contribution in [0, 0.1) is 6.92 Å². The molecule has 19 heavy (non-hydrogen) atoms. The third-order valence-electron chi connectivity index (χ3n) is 2.52. The lowest BCUT2D eigenvalue weighted by Gasteiger charge is -2.04. The minimum atomic E-state index is -0.378. The number of hydrogen-bond donors (Lipinski definition) is 0. The number of aromatic nitrogens is 2. The molecule has 0 fully saturated rings. The van der Waals surface area contributed by atoms with Crippen molar-refractivity contribution in [3.63, 3.8) is 0 Å². The number of rotatable bonds is 4. The number of ether oxygens (including phenoxy) is 1. The molecule has 0 aliphatic carbocycles. The van der Waals surface area contributed by atoms with Crippen LogP contribution in [0.15, 0.2) is 33.9 Å². The largest absolute Gasteiger partial charge is 0.468 e. The van der Waals surface area contributed by atoms with Crippen LogP contribution in [0.1, 0.15) is 12.5 Å². The van der Waals surface area contributed by atoms with Gasteiger partial charge in [0.1, 0.15) is 5.25 Å². The van der Waals surface area contributed by atoms with E-state index >= 15 is 0 Å². The van der Waals surface area contributed by atoms with E-state index in [9.17, 15) is 4.79 Å². The Morgan fingerprint density at radius 3 is 2.63 bits per heavy atom. The van der Waals surface area contributed by atoms with Crippen molar-refractivity contribution in [2.24, 2.45) is 0 Å². The number of methoxy groups -OCH3 is 1. The summed E-state index contributed by atoms with van der Waals surface area (Å²) in [5.74, 6) is 0.125. The van der Waals surface area contributed by atoms with Crippen molar-refractivity contribution in [2.75, 3.05) is 7.11 Å². The van der Waals surface area contributed by atoms with E-state index in [4.69, 9.17) is 4.42 Å². The van der Waals surface area contributed by atoms with E-state index in [1.807, 2.05) is 31.2 Å². The highest BCUT2D eigenvalue weighted by Crippen LogP contribution is 2.26. The van der Waals surface area contributed by atoms with E-state index < -0.39 is 0 Å².